The highest BCUT2D eigenvalue weighted by Gasteiger charge is 2.55. The molecule has 106 valence electrons. The number of ketones is 1. The lowest BCUT2D eigenvalue weighted by Gasteiger charge is -2.31. The third kappa shape index (κ3) is 3.46. The maximum atomic E-state index is 12.7. The normalized spacial score (nSPS) is 34.8. The van der Waals surface area contributed by atoms with Gasteiger partial charge in [-0.3, -0.25) is 4.79 Å². The standard InChI is InChI=1S/C9H20O5P4/c10-3-15-8(16-4-11)1-2-9(7(8)14,17-5-12)18-6-13/h10-13,15-18H,1-6H2. The van der Waals surface area contributed by atoms with Gasteiger partial charge in [0, 0.05) is 0 Å². The van der Waals surface area contributed by atoms with Gasteiger partial charge in [0.05, 0.1) is 35.2 Å². The van der Waals surface area contributed by atoms with Gasteiger partial charge in [-0.05, 0) is 12.8 Å². The molecule has 0 radical (unpaired) electrons. The molecule has 0 aromatic carbocycles. The summed E-state index contributed by atoms with van der Waals surface area (Å²) in [4.78, 5) is 11.5. The van der Waals surface area contributed by atoms with Gasteiger partial charge in [-0.25, -0.2) is 0 Å². The highest BCUT2D eigenvalue weighted by Crippen LogP contribution is 2.65. The molecule has 0 aromatic rings. The van der Waals surface area contributed by atoms with Crippen LogP contribution in [0.4, 0.5) is 0 Å². The molecule has 4 N–H and O–H groups in total. The molecule has 1 aliphatic carbocycles. The maximum Gasteiger partial charge on any atom is 0.161 e. The van der Waals surface area contributed by atoms with Crippen LogP contribution in [0.3, 0.4) is 0 Å². The van der Waals surface area contributed by atoms with Gasteiger partial charge in [0.15, 0.2) is 5.78 Å². The average Bonchev–Trinajstić information content (AvgIpc) is 2.58. The van der Waals surface area contributed by atoms with E-state index in [0.29, 0.717) is 12.8 Å². The Kier molecular flexibility index (Phi) is 7.55. The van der Waals surface area contributed by atoms with Crippen LogP contribution in [0, 0.1) is 0 Å². The van der Waals surface area contributed by atoms with Crippen molar-refractivity contribution in [1.29, 1.82) is 0 Å². The van der Waals surface area contributed by atoms with Crippen LogP contribution < -0.4 is 0 Å². The molecule has 1 rings (SSSR count). The predicted molar refractivity (Wildman–Crippen MR) is 81.3 cm³/mol. The van der Waals surface area contributed by atoms with Crippen molar-refractivity contribution in [3.05, 3.63) is 0 Å². The van der Waals surface area contributed by atoms with Gasteiger partial charge in [-0.15, -0.1) is 0 Å². The number of rotatable bonds is 8. The van der Waals surface area contributed by atoms with Crippen LogP contribution in [0.5, 0.6) is 0 Å². The van der Waals surface area contributed by atoms with E-state index in [9.17, 15) is 4.79 Å². The SMILES string of the molecule is O=C1C(PCO)(PCO)CCC1(PCO)PCO. The highest BCUT2D eigenvalue weighted by molar-refractivity contribution is 7.65. The molecule has 1 saturated carbocycles. The van der Waals surface area contributed by atoms with E-state index in [0.717, 1.165) is 0 Å². The van der Waals surface area contributed by atoms with Crippen molar-refractivity contribution in [1.82, 2.24) is 0 Å². The number of carbonyl (C=O) groups excluding carboxylic acids is 1. The Morgan fingerprint density at radius 3 is 1.28 bits per heavy atom. The van der Waals surface area contributed by atoms with Crippen molar-refractivity contribution in [3.8, 4) is 0 Å². The van der Waals surface area contributed by atoms with Crippen LogP contribution in [-0.2, 0) is 4.79 Å². The van der Waals surface area contributed by atoms with Crippen molar-refractivity contribution < 1.29 is 25.2 Å². The molecule has 0 heterocycles. The fourth-order valence-electron chi connectivity index (χ4n) is 2.31. The summed E-state index contributed by atoms with van der Waals surface area (Å²) in [7, 11) is 0.422. The first-order valence-electron chi connectivity index (χ1n) is 5.59. The third-order valence-corrected chi connectivity index (χ3v) is 10.2. The van der Waals surface area contributed by atoms with Gasteiger partial charge in [-0.2, -0.15) is 0 Å². The zero-order valence-corrected chi connectivity index (χ0v) is 13.9. The predicted octanol–water partition coefficient (Wildman–Crippen LogP) is 0.255. The molecule has 1 aliphatic rings. The van der Waals surface area contributed by atoms with Crippen molar-refractivity contribution in [2.75, 3.05) is 25.4 Å². The minimum absolute atomic E-state index is 0.0424. The summed E-state index contributed by atoms with van der Waals surface area (Å²) in [6.45, 7) is 0. The third-order valence-electron chi connectivity index (χ3n) is 3.17. The number of carbonyl (C=O) groups is 1. The molecule has 0 aliphatic heterocycles. The van der Waals surface area contributed by atoms with E-state index in [1.54, 1.807) is 0 Å². The first-order valence-corrected chi connectivity index (χ1v) is 10.4. The molecular formula is C9H20O5P4. The number of aliphatic hydroxyl groups excluding tert-OH is 4. The van der Waals surface area contributed by atoms with Crippen LogP contribution in [0.15, 0.2) is 0 Å². The summed E-state index contributed by atoms with van der Waals surface area (Å²) in [5, 5.41) is 36.6. The smallest absolute Gasteiger partial charge is 0.161 e. The summed E-state index contributed by atoms with van der Waals surface area (Å²) in [5.74, 6) is 0.0505. The lowest BCUT2D eigenvalue weighted by atomic mass is 10.3. The van der Waals surface area contributed by atoms with Gasteiger partial charge in [0.2, 0.25) is 0 Å². The topological polar surface area (TPSA) is 98.0 Å². The van der Waals surface area contributed by atoms with Crippen molar-refractivity contribution >= 4 is 40.1 Å². The number of hydrogen-bond acceptors (Lipinski definition) is 5. The Labute approximate surface area is 114 Å². The zero-order valence-electron chi connectivity index (χ0n) is 9.94. The van der Waals surface area contributed by atoms with Crippen LogP contribution >= 0.6 is 34.3 Å². The Morgan fingerprint density at radius 1 is 0.778 bits per heavy atom. The lowest BCUT2D eigenvalue weighted by Crippen LogP contribution is -2.35. The van der Waals surface area contributed by atoms with E-state index < -0.39 is 9.79 Å². The molecule has 4 unspecified atom stereocenters. The summed E-state index contributed by atoms with van der Waals surface area (Å²) in [5.41, 5.74) is 0. The van der Waals surface area contributed by atoms with Gasteiger partial charge in [0.1, 0.15) is 0 Å². The van der Waals surface area contributed by atoms with Crippen molar-refractivity contribution in [2.24, 2.45) is 0 Å². The molecule has 4 atom stereocenters. The first kappa shape index (κ1) is 17.3. The van der Waals surface area contributed by atoms with E-state index in [-0.39, 0.29) is 65.5 Å². The summed E-state index contributed by atoms with van der Waals surface area (Å²) in [6.07, 6.45) is 1.14. The minimum Gasteiger partial charge on any atom is -0.392 e. The second-order valence-corrected chi connectivity index (χ2v) is 11.1. The van der Waals surface area contributed by atoms with Crippen LogP contribution in [-0.4, -0.2) is 61.4 Å². The highest BCUT2D eigenvalue weighted by atomic mass is 31.1. The van der Waals surface area contributed by atoms with Gasteiger partial charge < -0.3 is 20.4 Å². The Hall–Kier alpha value is 1.23. The molecule has 0 bridgehead atoms. The van der Waals surface area contributed by atoms with Crippen molar-refractivity contribution in [2.45, 2.75) is 22.6 Å². The molecule has 0 amide bonds. The number of Topliss-reactive ketones (excluding diaryl/α,β-unsaturated/α-hetero) is 1. The maximum absolute atomic E-state index is 12.7. The van der Waals surface area contributed by atoms with Gasteiger partial charge in [0.25, 0.3) is 0 Å². The van der Waals surface area contributed by atoms with E-state index in [2.05, 4.69) is 0 Å². The lowest BCUT2D eigenvalue weighted by molar-refractivity contribution is -0.118. The Morgan fingerprint density at radius 2 is 1.06 bits per heavy atom. The van der Waals surface area contributed by atoms with Crippen LogP contribution in [0.1, 0.15) is 12.8 Å². The molecule has 0 spiro atoms. The molecule has 5 nitrogen and oxygen atoms in total. The second-order valence-electron chi connectivity index (χ2n) is 3.98. The van der Waals surface area contributed by atoms with E-state index in [1.807, 2.05) is 0 Å². The summed E-state index contributed by atoms with van der Waals surface area (Å²) < 4.78 is 0. The molecule has 0 saturated heterocycles. The fourth-order valence-corrected chi connectivity index (χ4v) is 8.54. The van der Waals surface area contributed by atoms with E-state index >= 15 is 0 Å². The summed E-state index contributed by atoms with van der Waals surface area (Å²) in [6, 6.07) is 0. The Bertz CT molecular complexity index is 250. The summed E-state index contributed by atoms with van der Waals surface area (Å²) >= 11 is 0. The van der Waals surface area contributed by atoms with Gasteiger partial charge in [-0.1, -0.05) is 34.3 Å². The Balaban J connectivity index is 2.95. The molecule has 18 heavy (non-hydrogen) atoms. The monoisotopic (exact) mass is 332 g/mol. The van der Waals surface area contributed by atoms with Gasteiger partial charge >= 0.3 is 0 Å². The molecule has 9 heteroatoms. The number of hydrogen-bond donors (Lipinski definition) is 4. The molecule has 1 fully saturated rings. The second kappa shape index (κ2) is 7.87. The minimum atomic E-state index is -0.603. The number of aliphatic hydroxyl groups is 4. The van der Waals surface area contributed by atoms with Crippen LogP contribution in [0.2, 0.25) is 0 Å². The molecular weight excluding hydrogens is 312 g/mol. The van der Waals surface area contributed by atoms with E-state index in [1.165, 1.54) is 0 Å². The zero-order chi connectivity index (χ0) is 13.6. The van der Waals surface area contributed by atoms with Crippen molar-refractivity contribution in [3.63, 3.8) is 0 Å². The first-order chi connectivity index (χ1) is 8.60. The fraction of sp³-hybridized carbons (Fsp3) is 0.889. The quantitative estimate of drug-likeness (QED) is 0.478. The molecule has 0 aromatic heterocycles. The van der Waals surface area contributed by atoms with Crippen LogP contribution in [0.25, 0.3) is 0 Å². The van der Waals surface area contributed by atoms with E-state index in [4.69, 9.17) is 20.4 Å². The average molecular weight is 332 g/mol. The largest absolute Gasteiger partial charge is 0.392 e.